The highest BCUT2D eigenvalue weighted by atomic mass is 35.5. The third-order valence-electron chi connectivity index (χ3n) is 4.72. The molecule has 142 valence electrons. The largest absolute Gasteiger partial charge is 0.356 e. The van der Waals surface area contributed by atoms with Crippen molar-refractivity contribution in [1.82, 2.24) is 15.3 Å². The average molecular weight is 410 g/mol. The van der Waals surface area contributed by atoms with Crippen molar-refractivity contribution in [3.63, 3.8) is 0 Å². The number of nitrogens with one attached hydrogen (secondary N) is 2. The van der Waals surface area contributed by atoms with Gasteiger partial charge in [0.2, 0.25) is 5.95 Å². The van der Waals surface area contributed by atoms with Crippen LogP contribution in [-0.4, -0.2) is 15.1 Å². The summed E-state index contributed by atoms with van der Waals surface area (Å²) in [7, 11) is 0. The molecule has 1 aliphatic rings. The Morgan fingerprint density at radius 2 is 1.68 bits per heavy atom. The second-order valence-corrected chi connectivity index (χ2v) is 7.52. The first kappa shape index (κ1) is 18.7. The number of rotatable bonds is 4. The van der Waals surface area contributed by atoms with Gasteiger partial charge in [0.1, 0.15) is 11.0 Å². The molecule has 2 N–H and O–H groups in total. The number of halogens is 1. The molecule has 0 fully saturated rings. The Balaban J connectivity index is 1.45. The Kier molecular flexibility index (Phi) is 5.41. The first-order chi connectivity index (χ1) is 13.6. The summed E-state index contributed by atoms with van der Waals surface area (Å²) in [6.45, 7) is 3.66. The monoisotopic (exact) mass is 409 g/mol. The van der Waals surface area contributed by atoms with Crippen molar-refractivity contribution in [3.05, 3.63) is 82.5 Å². The van der Waals surface area contributed by atoms with Crippen LogP contribution in [0.5, 0.6) is 0 Å². The van der Waals surface area contributed by atoms with E-state index in [0.29, 0.717) is 16.2 Å². The molecule has 0 bridgehead atoms. The molecular formula is C21H20ClN5S. The van der Waals surface area contributed by atoms with E-state index >= 15 is 0 Å². The quantitative estimate of drug-likeness (QED) is 0.481. The van der Waals surface area contributed by atoms with Gasteiger partial charge in [-0.15, -0.1) is 0 Å². The molecule has 3 aromatic rings. The minimum absolute atomic E-state index is 0.0629. The first-order valence-corrected chi connectivity index (χ1v) is 9.86. The lowest BCUT2D eigenvalue weighted by atomic mass is 10.1. The van der Waals surface area contributed by atoms with Crippen molar-refractivity contribution in [1.29, 1.82) is 0 Å². The molecule has 2 aromatic carbocycles. The fourth-order valence-electron chi connectivity index (χ4n) is 3.28. The minimum atomic E-state index is 0.0629. The summed E-state index contributed by atoms with van der Waals surface area (Å²) in [6.07, 6.45) is 0. The maximum Gasteiger partial charge on any atom is 0.232 e. The highest BCUT2D eigenvalue weighted by Gasteiger charge is 2.21. The number of thiocarbonyl (C=S) groups is 1. The average Bonchev–Trinajstić information content (AvgIpc) is 3.12. The number of hydrogen-bond donors (Lipinski definition) is 2. The van der Waals surface area contributed by atoms with Gasteiger partial charge in [-0.1, -0.05) is 66.2 Å². The van der Waals surface area contributed by atoms with Crippen LogP contribution in [0.1, 0.15) is 29.7 Å². The molecule has 1 aromatic heterocycles. The smallest absolute Gasteiger partial charge is 0.232 e. The maximum absolute atomic E-state index is 6.24. The van der Waals surface area contributed by atoms with Crippen LogP contribution >= 0.6 is 23.8 Å². The Morgan fingerprint density at radius 1 is 1.04 bits per heavy atom. The highest BCUT2D eigenvalue weighted by Crippen LogP contribution is 2.28. The predicted molar refractivity (Wildman–Crippen MR) is 118 cm³/mol. The van der Waals surface area contributed by atoms with Crippen molar-refractivity contribution in [2.45, 2.75) is 26.1 Å². The summed E-state index contributed by atoms with van der Waals surface area (Å²) in [5, 5.41) is 7.14. The zero-order chi connectivity index (χ0) is 19.5. The second-order valence-electron chi connectivity index (χ2n) is 6.73. The molecule has 4 rings (SSSR count). The van der Waals surface area contributed by atoms with Gasteiger partial charge in [0, 0.05) is 19.2 Å². The van der Waals surface area contributed by atoms with E-state index in [-0.39, 0.29) is 6.04 Å². The van der Waals surface area contributed by atoms with Crippen molar-refractivity contribution in [2.75, 3.05) is 10.2 Å². The van der Waals surface area contributed by atoms with Crippen LogP contribution in [0.2, 0.25) is 5.15 Å². The molecule has 0 saturated heterocycles. The zero-order valence-electron chi connectivity index (χ0n) is 15.4. The highest BCUT2D eigenvalue weighted by molar-refractivity contribution is 7.80. The molecule has 7 heteroatoms. The SMILES string of the molecule is C[C@H](NC(=S)Nc1nc(Cl)cc(N2Cc3ccccc3C2)n1)c1ccccc1. The number of hydrogen-bond acceptors (Lipinski definition) is 4. The molecule has 1 aliphatic heterocycles. The normalized spacial score (nSPS) is 13.7. The summed E-state index contributed by atoms with van der Waals surface area (Å²) in [4.78, 5) is 11.0. The Bertz CT molecular complexity index is 970. The van der Waals surface area contributed by atoms with E-state index in [1.807, 2.05) is 18.2 Å². The Morgan fingerprint density at radius 3 is 2.36 bits per heavy atom. The molecule has 1 atom stereocenters. The van der Waals surface area contributed by atoms with Crippen molar-refractivity contribution >= 4 is 40.7 Å². The molecule has 5 nitrogen and oxygen atoms in total. The summed E-state index contributed by atoms with van der Waals surface area (Å²) in [6, 6.07) is 20.3. The fourth-order valence-corrected chi connectivity index (χ4v) is 3.72. The number of nitrogens with zero attached hydrogens (tertiary/aromatic N) is 3. The molecular weight excluding hydrogens is 390 g/mol. The van der Waals surface area contributed by atoms with Crippen LogP contribution < -0.4 is 15.5 Å². The molecule has 0 saturated carbocycles. The lowest BCUT2D eigenvalue weighted by Gasteiger charge is -2.19. The van der Waals surface area contributed by atoms with Gasteiger partial charge in [-0.05, 0) is 35.8 Å². The first-order valence-electron chi connectivity index (χ1n) is 9.07. The third kappa shape index (κ3) is 4.24. The van der Waals surface area contributed by atoms with E-state index in [1.54, 1.807) is 6.07 Å². The van der Waals surface area contributed by atoms with Crippen LogP contribution in [0, 0.1) is 0 Å². The van der Waals surface area contributed by atoms with Crippen molar-refractivity contribution in [2.24, 2.45) is 0 Å². The third-order valence-corrected chi connectivity index (χ3v) is 5.13. The van der Waals surface area contributed by atoms with Gasteiger partial charge in [0.15, 0.2) is 5.11 Å². The van der Waals surface area contributed by atoms with Crippen LogP contribution in [0.3, 0.4) is 0 Å². The van der Waals surface area contributed by atoms with Gasteiger partial charge in [0.25, 0.3) is 0 Å². The number of benzene rings is 2. The maximum atomic E-state index is 6.24. The van der Waals surface area contributed by atoms with E-state index in [1.165, 1.54) is 11.1 Å². The van der Waals surface area contributed by atoms with Gasteiger partial charge >= 0.3 is 0 Å². The van der Waals surface area contributed by atoms with Crippen LogP contribution in [0.15, 0.2) is 60.7 Å². The van der Waals surface area contributed by atoms with Gasteiger partial charge in [-0.3, -0.25) is 0 Å². The standard InChI is InChI=1S/C21H20ClN5S/c1-14(15-7-3-2-4-8-15)23-21(28)26-20-24-18(22)11-19(25-20)27-12-16-9-5-6-10-17(16)13-27/h2-11,14H,12-13H2,1H3,(H2,23,24,25,26,28)/t14-/m0/s1. The summed E-state index contributed by atoms with van der Waals surface area (Å²) < 4.78 is 0. The van der Waals surface area contributed by atoms with Crippen molar-refractivity contribution in [3.8, 4) is 0 Å². The van der Waals surface area contributed by atoms with Gasteiger partial charge < -0.3 is 15.5 Å². The topological polar surface area (TPSA) is 53.1 Å². The summed E-state index contributed by atoms with van der Waals surface area (Å²) >= 11 is 11.7. The van der Waals surface area contributed by atoms with Gasteiger partial charge in [-0.2, -0.15) is 4.98 Å². The minimum Gasteiger partial charge on any atom is -0.356 e. The van der Waals surface area contributed by atoms with Crippen LogP contribution in [0.25, 0.3) is 0 Å². The predicted octanol–water partition coefficient (Wildman–Crippen LogP) is 4.70. The van der Waals surface area contributed by atoms with E-state index in [2.05, 4.69) is 68.8 Å². The molecule has 0 unspecified atom stereocenters. The van der Waals surface area contributed by atoms with E-state index in [4.69, 9.17) is 23.8 Å². The molecule has 0 radical (unpaired) electrons. The van der Waals surface area contributed by atoms with Crippen molar-refractivity contribution < 1.29 is 0 Å². The van der Waals surface area contributed by atoms with Gasteiger partial charge in [0.05, 0.1) is 6.04 Å². The number of anilines is 2. The molecule has 0 spiro atoms. The van der Waals surface area contributed by atoms with E-state index in [9.17, 15) is 0 Å². The van der Waals surface area contributed by atoms with Gasteiger partial charge in [-0.25, -0.2) is 4.98 Å². The summed E-state index contributed by atoms with van der Waals surface area (Å²) in [5.74, 6) is 1.16. The summed E-state index contributed by atoms with van der Waals surface area (Å²) in [5.41, 5.74) is 3.76. The second kappa shape index (κ2) is 8.12. The Labute approximate surface area is 174 Å². The number of fused-ring (bicyclic) bond motifs is 1. The fraction of sp³-hybridized carbons (Fsp3) is 0.190. The van der Waals surface area contributed by atoms with E-state index in [0.717, 1.165) is 24.5 Å². The molecule has 2 heterocycles. The van der Waals surface area contributed by atoms with E-state index < -0.39 is 0 Å². The van der Waals surface area contributed by atoms with Crippen LogP contribution in [0.4, 0.5) is 11.8 Å². The molecule has 0 amide bonds. The lowest BCUT2D eigenvalue weighted by Crippen LogP contribution is -2.31. The van der Waals surface area contributed by atoms with Crippen LogP contribution in [-0.2, 0) is 13.1 Å². The Hall–Kier alpha value is -2.70. The number of aromatic nitrogens is 2. The zero-order valence-corrected chi connectivity index (χ0v) is 17.0. The molecule has 28 heavy (non-hydrogen) atoms. The lowest BCUT2D eigenvalue weighted by molar-refractivity contribution is 0.722. The molecule has 0 aliphatic carbocycles.